The molecule has 0 saturated heterocycles. The highest BCUT2D eigenvalue weighted by Crippen LogP contribution is 2.29. The Hall–Kier alpha value is -2.66. The number of nitrogens with one attached hydrogen (secondary N) is 2. The molecule has 124 valence electrons. The Morgan fingerprint density at radius 3 is 2.50 bits per heavy atom. The van der Waals surface area contributed by atoms with Crippen LogP contribution in [0.2, 0.25) is 0 Å². The predicted octanol–water partition coefficient (Wildman–Crippen LogP) is 2.71. The first kappa shape index (κ1) is 16.2. The molecule has 24 heavy (non-hydrogen) atoms. The average Bonchev–Trinajstić information content (AvgIpc) is 2.61. The van der Waals surface area contributed by atoms with Gasteiger partial charge in [-0.1, -0.05) is 42.5 Å². The van der Waals surface area contributed by atoms with E-state index in [0.29, 0.717) is 5.69 Å². The molecule has 3 rings (SSSR count). The van der Waals surface area contributed by atoms with Gasteiger partial charge in [-0.2, -0.15) is 0 Å². The predicted molar refractivity (Wildman–Crippen MR) is 94.9 cm³/mol. The fraction of sp³-hybridized carbons (Fsp3) is 0.263. The maximum Gasteiger partial charge on any atom is 0.244 e. The third-order valence-electron chi connectivity index (χ3n) is 4.21. The summed E-state index contributed by atoms with van der Waals surface area (Å²) in [7, 11) is 0. The minimum atomic E-state index is -0.404. The van der Waals surface area contributed by atoms with Gasteiger partial charge in [-0.05, 0) is 31.5 Å². The van der Waals surface area contributed by atoms with Gasteiger partial charge in [0.1, 0.15) is 6.54 Å². The number of rotatable bonds is 4. The molecule has 0 radical (unpaired) electrons. The van der Waals surface area contributed by atoms with Crippen LogP contribution in [0.4, 0.5) is 11.4 Å². The number of carbonyl (C=O) groups excluding carboxylic acids is 2. The van der Waals surface area contributed by atoms with Crippen LogP contribution >= 0.6 is 0 Å². The lowest BCUT2D eigenvalue weighted by atomic mass is 10.1. The van der Waals surface area contributed by atoms with Gasteiger partial charge in [-0.15, -0.1) is 0 Å². The smallest absolute Gasteiger partial charge is 0.244 e. The number of amides is 2. The van der Waals surface area contributed by atoms with Crippen LogP contribution in [0.3, 0.4) is 0 Å². The molecule has 0 fully saturated rings. The zero-order valence-corrected chi connectivity index (χ0v) is 13.8. The molecule has 2 amide bonds. The van der Waals surface area contributed by atoms with Gasteiger partial charge in [0.25, 0.3) is 0 Å². The van der Waals surface area contributed by atoms with Crippen molar-refractivity contribution in [3.63, 3.8) is 0 Å². The number of hydrogen-bond acceptors (Lipinski definition) is 3. The molecule has 0 bridgehead atoms. The van der Waals surface area contributed by atoms with Crippen LogP contribution in [0.1, 0.15) is 25.5 Å². The summed E-state index contributed by atoms with van der Waals surface area (Å²) >= 11 is 0. The molecule has 0 unspecified atom stereocenters. The third-order valence-corrected chi connectivity index (χ3v) is 4.21. The normalized spacial score (nSPS) is 16.1. The van der Waals surface area contributed by atoms with E-state index < -0.39 is 6.04 Å². The molecule has 2 N–H and O–H groups in total. The van der Waals surface area contributed by atoms with Gasteiger partial charge in [0.15, 0.2) is 0 Å². The third kappa shape index (κ3) is 3.31. The Balaban J connectivity index is 1.75. The minimum Gasteiger partial charge on any atom is -0.323 e. The van der Waals surface area contributed by atoms with E-state index in [1.54, 1.807) is 11.0 Å². The summed E-state index contributed by atoms with van der Waals surface area (Å²) in [5.41, 5.74) is 2.53. The molecule has 0 spiro atoms. The van der Waals surface area contributed by atoms with Gasteiger partial charge in [-0.25, -0.2) is 0 Å². The number of nitrogens with zero attached hydrogens (tertiary/aromatic N) is 1. The number of anilines is 2. The van der Waals surface area contributed by atoms with Crippen LogP contribution in [-0.4, -0.2) is 24.4 Å². The highest BCUT2D eigenvalue weighted by Gasteiger charge is 2.30. The van der Waals surface area contributed by atoms with E-state index >= 15 is 0 Å². The Kier molecular flexibility index (Phi) is 4.62. The molecule has 2 atom stereocenters. The van der Waals surface area contributed by atoms with Crippen molar-refractivity contribution in [3.8, 4) is 0 Å². The first-order chi connectivity index (χ1) is 11.6. The fourth-order valence-corrected chi connectivity index (χ4v) is 2.95. The molecule has 2 aromatic rings. The van der Waals surface area contributed by atoms with Crippen LogP contribution in [-0.2, 0) is 9.59 Å². The fourth-order valence-electron chi connectivity index (χ4n) is 2.95. The van der Waals surface area contributed by atoms with Crippen molar-refractivity contribution in [3.05, 3.63) is 60.2 Å². The monoisotopic (exact) mass is 323 g/mol. The maximum absolute atomic E-state index is 12.9. The zero-order valence-electron chi connectivity index (χ0n) is 13.8. The second kappa shape index (κ2) is 6.84. The van der Waals surface area contributed by atoms with Gasteiger partial charge in [-0.3, -0.25) is 19.8 Å². The van der Waals surface area contributed by atoms with E-state index in [0.717, 1.165) is 11.3 Å². The first-order valence-corrected chi connectivity index (χ1v) is 8.07. The molecule has 5 heteroatoms. The maximum atomic E-state index is 12.9. The van der Waals surface area contributed by atoms with Crippen LogP contribution < -0.4 is 15.5 Å². The van der Waals surface area contributed by atoms with Gasteiger partial charge in [0.2, 0.25) is 11.8 Å². The highest BCUT2D eigenvalue weighted by molar-refractivity contribution is 6.11. The molecule has 0 aromatic heterocycles. The van der Waals surface area contributed by atoms with Crippen molar-refractivity contribution in [2.45, 2.75) is 25.9 Å². The Morgan fingerprint density at radius 1 is 1.08 bits per heavy atom. The molecule has 5 nitrogen and oxygen atoms in total. The van der Waals surface area contributed by atoms with Crippen LogP contribution in [0, 0.1) is 0 Å². The van der Waals surface area contributed by atoms with Crippen molar-refractivity contribution >= 4 is 23.2 Å². The minimum absolute atomic E-state index is 0.0408. The van der Waals surface area contributed by atoms with E-state index in [1.165, 1.54) is 0 Å². The highest BCUT2D eigenvalue weighted by atomic mass is 16.2. The lowest BCUT2D eigenvalue weighted by Gasteiger charge is -2.32. The molecule has 1 aliphatic heterocycles. The molecule has 1 aliphatic rings. The van der Waals surface area contributed by atoms with Crippen LogP contribution in [0.25, 0.3) is 0 Å². The van der Waals surface area contributed by atoms with Gasteiger partial charge < -0.3 is 5.32 Å². The van der Waals surface area contributed by atoms with Crippen molar-refractivity contribution in [2.75, 3.05) is 16.8 Å². The number of para-hydroxylation sites is 2. The number of hydrogen-bond donors (Lipinski definition) is 2. The van der Waals surface area contributed by atoms with E-state index in [1.807, 2.05) is 62.4 Å². The van der Waals surface area contributed by atoms with Crippen molar-refractivity contribution in [2.24, 2.45) is 0 Å². The summed E-state index contributed by atoms with van der Waals surface area (Å²) in [6, 6.07) is 17.0. The lowest BCUT2D eigenvalue weighted by molar-refractivity contribution is -0.123. The number of carbonyl (C=O) groups is 2. The molecule has 1 heterocycles. The van der Waals surface area contributed by atoms with Crippen LogP contribution in [0.5, 0.6) is 0 Å². The topological polar surface area (TPSA) is 61.4 Å². The molecule has 2 aromatic carbocycles. The van der Waals surface area contributed by atoms with E-state index in [-0.39, 0.29) is 24.4 Å². The second-order valence-corrected chi connectivity index (χ2v) is 6.01. The quantitative estimate of drug-likeness (QED) is 0.909. The summed E-state index contributed by atoms with van der Waals surface area (Å²) in [6.07, 6.45) is 0. The van der Waals surface area contributed by atoms with E-state index in [9.17, 15) is 9.59 Å². The molecule has 0 saturated carbocycles. The molecular weight excluding hydrogens is 302 g/mol. The molecule has 0 aliphatic carbocycles. The summed E-state index contributed by atoms with van der Waals surface area (Å²) in [5, 5.41) is 6.11. The van der Waals surface area contributed by atoms with Gasteiger partial charge in [0.05, 0.1) is 17.4 Å². The summed E-state index contributed by atoms with van der Waals surface area (Å²) in [4.78, 5) is 26.3. The van der Waals surface area contributed by atoms with Crippen molar-refractivity contribution < 1.29 is 9.59 Å². The summed E-state index contributed by atoms with van der Waals surface area (Å²) in [5.74, 6) is -0.287. The number of fused-ring (bicyclic) bond motifs is 1. The summed E-state index contributed by atoms with van der Waals surface area (Å²) in [6.45, 7) is 3.90. The largest absolute Gasteiger partial charge is 0.323 e. The standard InChI is InChI=1S/C19H21N3O2/c1-13(15-8-4-3-5-9-15)20-14(2)19(24)22-12-18(23)21-16-10-6-7-11-17(16)22/h3-11,13-14,20H,12H2,1-2H3,(H,21,23)/t13-,14-/m0/s1. The first-order valence-electron chi connectivity index (χ1n) is 8.07. The Bertz CT molecular complexity index is 745. The summed E-state index contributed by atoms with van der Waals surface area (Å²) < 4.78 is 0. The van der Waals surface area contributed by atoms with Crippen molar-refractivity contribution in [1.82, 2.24) is 5.32 Å². The Labute approximate surface area is 141 Å². The zero-order chi connectivity index (χ0) is 17.1. The van der Waals surface area contributed by atoms with Crippen molar-refractivity contribution in [1.29, 1.82) is 0 Å². The van der Waals surface area contributed by atoms with Gasteiger partial charge in [0, 0.05) is 6.04 Å². The second-order valence-electron chi connectivity index (χ2n) is 6.01. The molecular formula is C19H21N3O2. The lowest BCUT2D eigenvalue weighted by Crippen LogP contribution is -2.50. The van der Waals surface area contributed by atoms with Crippen LogP contribution in [0.15, 0.2) is 54.6 Å². The van der Waals surface area contributed by atoms with E-state index in [4.69, 9.17) is 0 Å². The Morgan fingerprint density at radius 2 is 1.75 bits per heavy atom. The van der Waals surface area contributed by atoms with Gasteiger partial charge >= 0.3 is 0 Å². The SMILES string of the molecule is C[C@H](N[C@@H](C)c1ccccc1)C(=O)N1CC(=O)Nc2ccccc21. The van der Waals surface area contributed by atoms with E-state index in [2.05, 4.69) is 10.6 Å². The number of benzene rings is 2. The average molecular weight is 323 g/mol.